The smallest absolute Gasteiger partial charge is 0.300 e. The van der Waals surface area contributed by atoms with Gasteiger partial charge in [-0.15, -0.1) is 0 Å². The summed E-state index contributed by atoms with van der Waals surface area (Å²) in [5.41, 5.74) is 9.81. The summed E-state index contributed by atoms with van der Waals surface area (Å²) >= 11 is 0. The molecular formula is C10H26FeN2NaO7. The molecule has 1 radical (unpaired) electrons. The summed E-state index contributed by atoms with van der Waals surface area (Å²) in [4.78, 5) is 27.0. The van der Waals surface area contributed by atoms with Gasteiger partial charge in [0.2, 0.25) is 0 Å². The van der Waals surface area contributed by atoms with Gasteiger partial charge in [-0.3, -0.25) is 14.4 Å². The molecule has 0 unspecified atom stereocenters. The summed E-state index contributed by atoms with van der Waals surface area (Å²) in [7, 11) is 0. The minimum Gasteiger partial charge on any atom is -0.481 e. The van der Waals surface area contributed by atoms with Gasteiger partial charge in [-0.2, -0.15) is 0 Å². The number of aliphatic hydroxyl groups is 1. The Bertz CT molecular complexity index is 167. The van der Waals surface area contributed by atoms with Crippen molar-refractivity contribution in [1.82, 2.24) is 0 Å². The van der Waals surface area contributed by atoms with Gasteiger partial charge in [0.1, 0.15) is 0 Å². The molecule has 21 heavy (non-hydrogen) atoms. The average molecular weight is 365 g/mol. The number of rotatable bonds is 1. The van der Waals surface area contributed by atoms with Crippen LogP contribution in [0.25, 0.3) is 0 Å². The normalized spacial score (nSPS) is 5.86. The van der Waals surface area contributed by atoms with Crippen molar-refractivity contribution in [3.63, 3.8) is 0 Å². The van der Waals surface area contributed by atoms with Crippen molar-refractivity contribution < 1.29 is 51.9 Å². The fraction of sp³-hybridized carbons (Fsp3) is 0.700. The molecule has 0 rings (SSSR count). The third-order valence-corrected chi connectivity index (χ3v) is 0.167. The molecule has 127 valence electrons. The first-order chi connectivity index (χ1) is 8.52. The summed E-state index contributed by atoms with van der Waals surface area (Å²) in [6, 6.07) is 0. The van der Waals surface area contributed by atoms with Crippen molar-refractivity contribution in [2.75, 3.05) is 19.7 Å². The summed E-state index contributed by atoms with van der Waals surface area (Å²) in [5, 5.41) is 29.8. The molecule has 0 saturated carbocycles. The minimum absolute atomic E-state index is 0. The van der Waals surface area contributed by atoms with Crippen LogP contribution in [0.2, 0.25) is 0 Å². The van der Waals surface area contributed by atoms with E-state index < -0.39 is 17.9 Å². The van der Waals surface area contributed by atoms with E-state index in [2.05, 4.69) is 0 Å². The van der Waals surface area contributed by atoms with Gasteiger partial charge in [-0.1, -0.05) is 0 Å². The van der Waals surface area contributed by atoms with E-state index in [0.29, 0.717) is 13.1 Å². The molecule has 0 heterocycles. The van der Waals surface area contributed by atoms with Gasteiger partial charge in [0.05, 0.1) is 0 Å². The maximum absolute atomic E-state index is 9.00. The molecule has 0 aromatic rings. The van der Waals surface area contributed by atoms with E-state index in [-0.39, 0.29) is 53.2 Å². The molecule has 0 aromatic carbocycles. The van der Waals surface area contributed by atoms with Crippen LogP contribution in [-0.2, 0) is 31.5 Å². The second-order valence-electron chi connectivity index (χ2n) is 2.45. The van der Waals surface area contributed by atoms with Crippen LogP contribution in [0, 0.1) is 0 Å². The number of carboxylic acids is 3. The van der Waals surface area contributed by atoms with Gasteiger partial charge in [-0.25, -0.2) is 0 Å². The second-order valence-corrected chi connectivity index (χ2v) is 2.45. The van der Waals surface area contributed by atoms with E-state index in [1.807, 2.05) is 0 Å². The number of carboxylic acid groups (broad SMARTS) is 3. The Morgan fingerprint density at radius 2 is 0.857 bits per heavy atom. The summed E-state index contributed by atoms with van der Waals surface area (Å²) < 4.78 is 0. The molecule has 0 atom stereocenters. The Hall–Kier alpha value is -0.191. The molecule has 11 heteroatoms. The fourth-order valence-corrected chi connectivity index (χ4v) is 0. The fourth-order valence-electron chi connectivity index (χ4n) is 0. The monoisotopic (exact) mass is 365 g/mol. The van der Waals surface area contributed by atoms with E-state index in [0.717, 1.165) is 20.8 Å². The summed E-state index contributed by atoms with van der Waals surface area (Å²) in [6.07, 6.45) is 0. The molecule has 0 saturated heterocycles. The predicted octanol–water partition coefficient (Wildman–Crippen LogP) is -1.21. The molecule has 0 aliphatic carbocycles. The molecule has 0 bridgehead atoms. The third-order valence-electron chi connectivity index (χ3n) is 0.167. The first-order valence-corrected chi connectivity index (χ1v) is 5.12. The van der Waals surface area contributed by atoms with Gasteiger partial charge in [0.25, 0.3) is 17.9 Å². The number of aliphatic hydroxyl groups excluding tert-OH is 1. The number of nitrogens with two attached hydrogens (primary N) is 2. The van der Waals surface area contributed by atoms with Crippen molar-refractivity contribution in [3.8, 4) is 0 Å². The van der Waals surface area contributed by atoms with Crippen molar-refractivity contribution in [1.29, 1.82) is 0 Å². The van der Waals surface area contributed by atoms with E-state index in [9.17, 15) is 0 Å². The van der Waals surface area contributed by atoms with Crippen molar-refractivity contribution >= 4 is 47.5 Å². The Labute approximate surface area is 157 Å². The molecule has 0 aliphatic rings. The quantitative estimate of drug-likeness (QED) is 0.310. The number of hydrogen-bond donors (Lipinski definition) is 6. The standard InChI is InChI=1S/C2H8N2.3C2H4O2.C2H6O.Fe.Na/c3-1-2-4;3*1-2(3)4;1-2-3;;/h1-4H2;3*1H3,(H,3,4);3H,2H2,1H3;;. The molecule has 0 aromatic heterocycles. The van der Waals surface area contributed by atoms with Crippen LogP contribution in [-0.4, -0.2) is 87.6 Å². The number of hydrogen-bond acceptors (Lipinski definition) is 6. The van der Waals surface area contributed by atoms with E-state index >= 15 is 0 Å². The zero-order valence-electron chi connectivity index (χ0n) is 13.1. The number of carbonyl (C=O) groups is 3. The maximum Gasteiger partial charge on any atom is 0.300 e. The maximum atomic E-state index is 9.00. The average Bonchev–Trinajstić information content (AvgIpc) is 2.15. The molecule has 0 spiro atoms. The van der Waals surface area contributed by atoms with Gasteiger partial charge in [0.15, 0.2) is 0 Å². The van der Waals surface area contributed by atoms with Crippen molar-refractivity contribution in [2.45, 2.75) is 27.7 Å². The van der Waals surface area contributed by atoms with Crippen LogP contribution < -0.4 is 11.5 Å². The second kappa shape index (κ2) is 50.3. The Morgan fingerprint density at radius 3 is 0.857 bits per heavy atom. The molecule has 0 aliphatic heterocycles. The largest absolute Gasteiger partial charge is 0.481 e. The SMILES string of the molecule is CC(=O)O.CC(=O)O.CC(=O)O.CCO.NCCN.[Fe].[Na]. The molecular weight excluding hydrogens is 339 g/mol. The zero-order chi connectivity index (χ0) is 16.9. The van der Waals surface area contributed by atoms with Gasteiger partial charge < -0.3 is 31.9 Å². The Morgan fingerprint density at radius 1 is 0.810 bits per heavy atom. The minimum atomic E-state index is -0.833. The van der Waals surface area contributed by atoms with Gasteiger partial charge in [-0.05, 0) is 6.92 Å². The first-order valence-electron chi connectivity index (χ1n) is 5.12. The van der Waals surface area contributed by atoms with Gasteiger partial charge >= 0.3 is 0 Å². The van der Waals surface area contributed by atoms with E-state index in [4.69, 9.17) is 46.3 Å². The summed E-state index contributed by atoms with van der Waals surface area (Å²) in [6.45, 7) is 6.38. The van der Waals surface area contributed by atoms with E-state index in [1.165, 1.54) is 0 Å². The molecule has 0 amide bonds. The van der Waals surface area contributed by atoms with Crippen LogP contribution in [0.3, 0.4) is 0 Å². The molecule has 0 fully saturated rings. The zero-order valence-corrected chi connectivity index (χ0v) is 16.2. The Kier molecular flexibility index (Phi) is 102. The molecule has 9 nitrogen and oxygen atoms in total. The topological polar surface area (TPSA) is 184 Å². The third kappa shape index (κ3) is 9590. The van der Waals surface area contributed by atoms with E-state index in [1.54, 1.807) is 6.92 Å². The summed E-state index contributed by atoms with van der Waals surface area (Å²) in [5.74, 6) is -2.50. The van der Waals surface area contributed by atoms with Crippen LogP contribution in [0.5, 0.6) is 0 Å². The Balaban J connectivity index is -0.0000000229. The van der Waals surface area contributed by atoms with Crippen LogP contribution in [0.4, 0.5) is 0 Å². The van der Waals surface area contributed by atoms with Crippen molar-refractivity contribution in [2.24, 2.45) is 11.5 Å². The van der Waals surface area contributed by atoms with Crippen LogP contribution in [0.1, 0.15) is 27.7 Å². The van der Waals surface area contributed by atoms with Crippen LogP contribution >= 0.6 is 0 Å². The van der Waals surface area contributed by atoms with Crippen molar-refractivity contribution in [3.05, 3.63) is 0 Å². The van der Waals surface area contributed by atoms with Crippen LogP contribution in [0.15, 0.2) is 0 Å². The number of aliphatic carboxylic acids is 3. The predicted molar refractivity (Wildman–Crippen MR) is 76.6 cm³/mol. The van der Waals surface area contributed by atoms with Gasteiger partial charge in [0, 0.05) is 87.1 Å². The first kappa shape index (κ1) is 42.8. The molecule has 8 N–H and O–H groups in total.